The molecule has 0 radical (unpaired) electrons. The van der Waals surface area contributed by atoms with Crippen molar-refractivity contribution in [1.82, 2.24) is 0 Å². The first kappa shape index (κ1) is 41.4. The Kier molecular flexibility index (Phi) is 10.7. The molecule has 0 saturated carbocycles. The molecule has 280 valence electrons. The Morgan fingerprint density at radius 1 is 0.588 bits per heavy atom. The minimum atomic E-state index is -8.57. The molecule has 20 heteroatoms. The molecule has 0 amide bonds. The van der Waals surface area contributed by atoms with Gasteiger partial charge in [-0.15, -0.1) is 0 Å². The number of carbonyl (C=O) groups excluding carboxylic acids is 2. The molecule has 51 heavy (non-hydrogen) atoms. The lowest BCUT2D eigenvalue weighted by Crippen LogP contribution is -2.73. The molecule has 0 saturated heterocycles. The number of aryl methyl sites for hydroxylation is 2. The van der Waals surface area contributed by atoms with E-state index in [4.69, 9.17) is 0 Å². The van der Waals surface area contributed by atoms with Gasteiger partial charge in [0.1, 0.15) is 6.61 Å². The van der Waals surface area contributed by atoms with Crippen molar-refractivity contribution in [3.05, 3.63) is 94.5 Å². The van der Waals surface area contributed by atoms with Crippen molar-refractivity contribution in [2.24, 2.45) is 0 Å². The normalized spacial score (nSPS) is 14.0. The van der Waals surface area contributed by atoms with E-state index in [0.29, 0.717) is 0 Å². The fourth-order valence-corrected chi connectivity index (χ4v) is 7.53. The van der Waals surface area contributed by atoms with E-state index in [1.807, 2.05) is 0 Å². The Bertz CT molecular complexity index is 1800. The van der Waals surface area contributed by atoms with Gasteiger partial charge in [0.05, 0.1) is 0 Å². The van der Waals surface area contributed by atoms with Gasteiger partial charge in [0, 0.05) is 16.2 Å². The maximum Gasteiger partial charge on any atom is 0.460 e. The summed E-state index contributed by atoms with van der Waals surface area (Å²) in [6, 6.07) is 15.5. The standard InChI is InChI=1S/C31H22F15O4P/c1-16-14-17(2)22(23(47)51(49,19-10-6-4-7-11-19)20-12-8-5-9-13-20)18(3)21(16)15-50-24(48)25(32,33)26(34,35)27(36,37)28(38,39)29(40,41)30(42,43)31(44,45)46/h4-14H,15H2,1-3H3. The van der Waals surface area contributed by atoms with Gasteiger partial charge in [0.25, 0.3) is 0 Å². The predicted molar refractivity (Wildman–Crippen MR) is 150 cm³/mol. The molecule has 3 aromatic rings. The van der Waals surface area contributed by atoms with Gasteiger partial charge in [0.15, 0.2) is 0 Å². The summed E-state index contributed by atoms with van der Waals surface area (Å²) in [5.41, 5.74) is -2.20. The lowest BCUT2D eigenvalue weighted by molar-refractivity contribution is -0.450. The summed E-state index contributed by atoms with van der Waals surface area (Å²) in [5, 5.41) is 0.0402. The third kappa shape index (κ3) is 6.28. The van der Waals surface area contributed by atoms with Crippen molar-refractivity contribution in [3.63, 3.8) is 0 Å². The van der Waals surface area contributed by atoms with E-state index in [9.17, 15) is 80.0 Å². The number of esters is 1. The first-order valence-corrected chi connectivity index (χ1v) is 15.5. The maximum absolute atomic E-state index is 14.6. The average Bonchev–Trinajstić information content (AvgIpc) is 3.03. The smallest absolute Gasteiger partial charge is 0.456 e. The molecule has 3 aromatic carbocycles. The molecule has 0 heterocycles. The van der Waals surface area contributed by atoms with Crippen LogP contribution in [-0.4, -0.2) is 53.2 Å². The molecular weight excluding hydrogens is 752 g/mol. The topological polar surface area (TPSA) is 60.4 Å². The summed E-state index contributed by atoms with van der Waals surface area (Å²) in [6.45, 7) is 1.95. The zero-order chi connectivity index (χ0) is 39.4. The van der Waals surface area contributed by atoms with Crippen molar-refractivity contribution in [3.8, 4) is 0 Å². The SMILES string of the molecule is Cc1cc(C)c(C(=O)P(=O)(c2ccccc2)c2ccccc2)c(C)c1COC(=O)C(F)(F)C(F)(F)C(F)(F)C(F)(F)C(F)(F)C(F)(F)C(F)(F)F. The number of benzene rings is 3. The van der Waals surface area contributed by atoms with Crippen molar-refractivity contribution in [1.29, 1.82) is 0 Å². The fraction of sp³-hybridized carbons (Fsp3) is 0.355. The van der Waals surface area contributed by atoms with Crippen LogP contribution in [0.4, 0.5) is 65.9 Å². The van der Waals surface area contributed by atoms with E-state index in [2.05, 4.69) is 4.74 Å². The largest absolute Gasteiger partial charge is 0.460 e. The van der Waals surface area contributed by atoms with E-state index in [1.165, 1.54) is 74.5 Å². The molecule has 0 atom stereocenters. The Morgan fingerprint density at radius 3 is 1.39 bits per heavy atom. The first-order valence-electron chi connectivity index (χ1n) is 13.8. The minimum Gasteiger partial charge on any atom is -0.456 e. The van der Waals surface area contributed by atoms with Crippen LogP contribution in [0.15, 0.2) is 66.7 Å². The molecule has 0 aliphatic carbocycles. The summed E-state index contributed by atoms with van der Waals surface area (Å²) in [7, 11) is -4.29. The van der Waals surface area contributed by atoms with E-state index in [1.54, 1.807) is 0 Å². The summed E-state index contributed by atoms with van der Waals surface area (Å²) < 4.78 is 222. The monoisotopic (exact) mass is 774 g/mol. The van der Waals surface area contributed by atoms with Gasteiger partial charge in [-0.2, -0.15) is 65.9 Å². The summed E-state index contributed by atoms with van der Waals surface area (Å²) in [6.07, 6.45) is -7.77. The number of rotatable bonds is 12. The number of ether oxygens (including phenoxy) is 1. The molecular formula is C31H22F15O4P. The van der Waals surface area contributed by atoms with Crippen LogP contribution in [0.5, 0.6) is 0 Å². The molecule has 3 rings (SSSR count). The number of hydrogen-bond donors (Lipinski definition) is 0. The average molecular weight is 774 g/mol. The van der Waals surface area contributed by atoms with E-state index >= 15 is 0 Å². The number of alkyl halides is 15. The van der Waals surface area contributed by atoms with Gasteiger partial charge in [-0.3, -0.25) is 4.79 Å². The Morgan fingerprint density at radius 2 is 0.980 bits per heavy atom. The van der Waals surface area contributed by atoms with Gasteiger partial charge in [-0.05, 0) is 43.0 Å². The molecule has 0 N–H and O–H groups in total. The van der Waals surface area contributed by atoms with Crippen molar-refractivity contribution < 1.29 is 84.7 Å². The molecule has 0 unspecified atom stereocenters. The summed E-state index contributed by atoms with van der Waals surface area (Å²) in [5.74, 6) is -52.9. The van der Waals surface area contributed by atoms with Crippen LogP contribution in [0.3, 0.4) is 0 Å². The molecule has 0 spiro atoms. The zero-order valence-electron chi connectivity index (χ0n) is 25.8. The van der Waals surface area contributed by atoms with E-state index in [-0.39, 0.29) is 32.9 Å². The molecule has 0 aromatic heterocycles. The molecule has 4 nitrogen and oxygen atoms in total. The van der Waals surface area contributed by atoms with Crippen LogP contribution < -0.4 is 10.6 Å². The van der Waals surface area contributed by atoms with Gasteiger partial charge >= 0.3 is 47.7 Å². The molecule has 0 aliphatic heterocycles. The fourth-order valence-electron chi connectivity index (χ4n) is 4.92. The predicted octanol–water partition coefficient (Wildman–Crippen LogP) is 9.18. The highest BCUT2D eigenvalue weighted by Crippen LogP contribution is 2.62. The van der Waals surface area contributed by atoms with Crippen LogP contribution in [0.25, 0.3) is 0 Å². The number of hydrogen-bond acceptors (Lipinski definition) is 4. The first-order chi connectivity index (χ1) is 23.0. The third-order valence-electron chi connectivity index (χ3n) is 7.80. The Labute approximate surface area is 277 Å². The van der Waals surface area contributed by atoms with Crippen LogP contribution in [0, 0.1) is 20.8 Å². The highest BCUT2D eigenvalue weighted by molar-refractivity contribution is 7.93. The summed E-state index contributed by atoms with van der Waals surface area (Å²) in [4.78, 5) is 26.1. The van der Waals surface area contributed by atoms with Gasteiger partial charge in [-0.1, -0.05) is 66.7 Å². The second kappa shape index (κ2) is 13.2. The number of halogens is 15. The lowest BCUT2D eigenvalue weighted by atomic mass is 9.91. The quantitative estimate of drug-likeness (QED) is 0.105. The Hall–Kier alpha value is -4.02. The lowest BCUT2D eigenvalue weighted by Gasteiger charge is -2.40. The van der Waals surface area contributed by atoms with Gasteiger partial charge in [0.2, 0.25) is 12.7 Å². The van der Waals surface area contributed by atoms with Gasteiger partial charge in [-0.25, -0.2) is 4.79 Å². The second-order valence-corrected chi connectivity index (χ2v) is 13.8. The summed E-state index contributed by atoms with van der Waals surface area (Å²) >= 11 is 0. The maximum atomic E-state index is 14.6. The highest BCUT2D eigenvalue weighted by atomic mass is 31.2. The van der Waals surface area contributed by atoms with Crippen LogP contribution >= 0.6 is 7.14 Å². The highest BCUT2D eigenvalue weighted by Gasteiger charge is 2.94. The van der Waals surface area contributed by atoms with Crippen molar-refractivity contribution in [2.45, 2.75) is 69.1 Å². The number of carbonyl (C=O) groups is 2. The molecule has 0 aliphatic rings. The minimum absolute atomic E-state index is 0.0201. The van der Waals surface area contributed by atoms with Gasteiger partial charge < -0.3 is 9.30 Å². The van der Waals surface area contributed by atoms with Crippen molar-refractivity contribution >= 4 is 29.2 Å². The molecule has 0 fully saturated rings. The van der Waals surface area contributed by atoms with E-state index in [0.717, 1.165) is 13.0 Å². The third-order valence-corrected chi connectivity index (χ3v) is 10.6. The van der Waals surface area contributed by atoms with Crippen LogP contribution in [-0.2, 0) is 20.7 Å². The van der Waals surface area contributed by atoms with E-state index < -0.39 is 72.5 Å². The van der Waals surface area contributed by atoms with Crippen molar-refractivity contribution in [2.75, 3.05) is 0 Å². The zero-order valence-corrected chi connectivity index (χ0v) is 26.7. The second-order valence-electron chi connectivity index (χ2n) is 11.1. The Balaban J connectivity index is 2.05. The molecule has 0 bridgehead atoms. The van der Waals surface area contributed by atoms with Crippen LogP contribution in [0.1, 0.15) is 32.6 Å². The van der Waals surface area contributed by atoms with Crippen LogP contribution in [0.2, 0.25) is 0 Å².